The molecular weight excluding hydrogens is 446 g/mol. The van der Waals surface area contributed by atoms with Gasteiger partial charge in [0.25, 0.3) is 0 Å². The van der Waals surface area contributed by atoms with Crippen molar-refractivity contribution in [2.75, 3.05) is 6.61 Å². The van der Waals surface area contributed by atoms with Gasteiger partial charge in [0, 0.05) is 31.4 Å². The monoisotopic (exact) mass is 459 g/mol. The van der Waals surface area contributed by atoms with Crippen molar-refractivity contribution in [3.8, 4) is 17.6 Å². The van der Waals surface area contributed by atoms with E-state index in [1.165, 1.54) is 11.3 Å². The van der Waals surface area contributed by atoms with E-state index >= 15 is 0 Å². The molecule has 0 amide bonds. The zero-order valence-electron chi connectivity index (χ0n) is 14.2. The largest absolute Gasteiger partial charge is 0.482 e. The molecule has 27 heavy (non-hydrogen) atoms. The van der Waals surface area contributed by atoms with Gasteiger partial charge in [-0.1, -0.05) is 33.6 Å². The molecule has 0 aliphatic rings. The summed E-state index contributed by atoms with van der Waals surface area (Å²) < 4.78 is 6.22. The molecule has 3 rings (SSSR count). The number of carbonyl (C=O) groups is 1. The second kappa shape index (κ2) is 9.09. The van der Waals surface area contributed by atoms with Crippen LogP contribution in [0, 0.1) is 18.8 Å². The van der Waals surface area contributed by atoms with Crippen molar-refractivity contribution in [3.63, 3.8) is 0 Å². The average molecular weight is 460 g/mol. The van der Waals surface area contributed by atoms with E-state index in [-0.39, 0.29) is 6.61 Å². The van der Waals surface area contributed by atoms with E-state index < -0.39 is 5.97 Å². The van der Waals surface area contributed by atoms with Crippen molar-refractivity contribution in [2.24, 2.45) is 0 Å². The average Bonchev–Trinajstić information content (AvgIpc) is 3.12. The SMILES string of the molecule is Cc1cc(Sc2cc(Br)cc(C#Cc3nccs3)c2)ccc1OCC(=O)O. The molecule has 136 valence electrons. The summed E-state index contributed by atoms with van der Waals surface area (Å²) in [4.78, 5) is 16.9. The van der Waals surface area contributed by atoms with E-state index in [0.717, 1.165) is 30.4 Å². The summed E-state index contributed by atoms with van der Waals surface area (Å²) in [6, 6.07) is 11.7. The van der Waals surface area contributed by atoms with Gasteiger partial charge in [0.15, 0.2) is 11.6 Å². The first kappa shape index (κ1) is 19.5. The number of halogens is 1. The zero-order chi connectivity index (χ0) is 19.2. The Balaban J connectivity index is 1.77. The lowest BCUT2D eigenvalue weighted by Gasteiger charge is -2.09. The lowest BCUT2D eigenvalue weighted by Crippen LogP contribution is -2.09. The number of aliphatic carboxylic acids is 1. The summed E-state index contributed by atoms with van der Waals surface area (Å²) in [6.45, 7) is 1.55. The van der Waals surface area contributed by atoms with Crippen LogP contribution in [0.5, 0.6) is 5.75 Å². The van der Waals surface area contributed by atoms with E-state index in [1.807, 2.05) is 42.6 Å². The molecule has 0 fully saturated rings. The van der Waals surface area contributed by atoms with Crippen LogP contribution in [0.3, 0.4) is 0 Å². The van der Waals surface area contributed by atoms with Crippen LogP contribution in [-0.4, -0.2) is 22.7 Å². The molecule has 0 bridgehead atoms. The Bertz CT molecular complexity index is 1020. The van der Waals surface area contributed by atoms with Crippen molar-refractivity contribution in [1.29, 1.82) is 0 Å². The number of thiazole rings is 1. The highest BCUT2D eigenvalue weighted by Gasteiger charge is 2.06. The number of hydrogen-bond acceptors (Lipinski definition) is 5. The molecule has 7 heteroatoms. The van der Waals surface area contributed by atoms with Gasteiger partial charge in [-0.15, -0.1) is 11.3 Å². The fourth-order valence-electron chi connectivity index (χ4n) is 2.23. The maximum Gasteiger partial charge on any atom is 0.341 e. The summed E-state index contributed by atoms with van der Waals surface area (Å²) in [6.07, 6.45) is 1.74. The fourth-order valence-corrected chi connectivity index (χ4v) is 4.37. The lowest BCUT2D eigenvalue weighted by molar-refractivity contribution is -0.139. The molecular formula is C20H14BrNO3S2. The Kier molecular flexibility index (Phi) is 6.56. The van der Waals surface area contributed by atoms with Gasteiger partial charge in [0.2, 0.25) is 0 Å². The van der Waals surface area contributed by atoms with Crippen LogP contribution in [0.25, 0.3) is 0 Å². The van der Waals surface area contributed by atoms with Crippen LogP contribution < -0.4 is 4.74 Å². The molecule has 0 radical (unpaired) electrons. The standard InChI is InChI=1S/C20H14BrNO3S2/c1-13-8-16(3-4-18(13)25-12-20(23)24)27-17-10-14(9-15(21)11-17)2-5-19-22-6-7-26-19/h3-4,6-11H,12H2,1H3,(H,23,24). The molecule has 0 spiro atoms. The number of nitrogens with zero attached hydrogens (tertiary/aromatic N) is 1. The van der Waals surface area contributed by atoms with Crippen LogP contribution in [0.2, 0.25) is 0 Å². The molecule has 0 aliphatic heterocycles. The Morgan fingerprint density at radius 2 is 2.11 bits per heavy atom. The van der Waals surface area contributed by atoms with E-state index in [1.54, 1.807) is 24.0 Å². The van der Waals surface area contributed by atoms with Crippen molar-refractivity contribution in [1.82, 2.24) is 4.98 Å². The molecule has 3 aromatic rings. The topological polar surface area (TPSA) is 59.4 Å². The number of ether oxygens (including phenoxy) is 1. The summed E-state index contributed by atoms with van der Waals surface area (Å²) in [5, 5.41) is 11.4. The Morgan fingerprint density at radius 1 is 1.26 bits per heavy atom. The Labute approximate surface area is 173 Å². The van der Waals surface area contributed by atoms with Crippen LogP contribution in [0.15, 0.2) is 62.2 Å². The summed E-state index contributed by atoms with van der Waals surface area (Å²) in [5.41, 5.74) is 1.79. The molecule has 1 N–H and O–H groups in total. The van der Waals surface area contributed by atoms with E-state index in [9.17, 15) is 4.79 Å². The second-order valence-electron chi connectivity index (χ2n) is 5.47. The predicted molar refractivity (Wildman–Crippen MR) is 111 cm³/mol. The molecule has 0 unspecified atom stereocenters. The Hall–Kier alpha value is -2.27. The molecule has 0 atom stereocenters. The molecule has 1 aromatic heterocycles. The number of aryl methyl sites for hydroxylation is 1. The molecule has 0 saturated heterocycles. The number of benzene rings is 2. The van der Waals surface area contributed by atoms with Gasteiger partial charge in [-0.05, 0) is 54.8 Å². The van der Waals surface area contributed by atoms with Gasteiger partial charge in [-0.3, -0.25) is 0 Å². The van der Waals surface area contributed by atoms with Crippen LogP contribution >= 0.6 is 39.0 Å². The maximum atomic E-state index is 10.6. The zero-order valence-corrected chi connectivity index (χ0v) is 17.5. The van der Waals surface area contributed by atoms with E-state index in [4.69, 9.17) is 9.84 Å². The third-order valence-corrected chi connectivity index (χ3v) is 5.46. The second-order valence-corrected chi connectivity index (χ2v) is 8.43. The molecule has 0 saturated carbocycles. The number of hydrogen-bond donors (Lipinski definition) is 1. The number of carboxylic acids is 1. The minimum Gasteiger partial charge on any atom is -0.482 e. The minimum atomic E-state index is -0.992. The number of aromatic nitrogens is 1. The maximum absolute atomic E-state index is 10.6. The van der Waals surface area contributed by atoms with Crippen LogP contribution in [0.4, 0.5) is 0 Å². The van der Waals surface area contributed by atoms with Gasteiger partial charge in [-0.25, -0.2) is 9.78 Å². The third-order valence-electron chi connectivity index (χ3n) is 3.35. The van der Waals surface area contributed by atoms with E-state index in [0.29, 0.717) is 5.75 Å². The van der Waals surface area contributed by atoms with Gasteiger partial charge >= 0.3 is 5.97 Å². The minimum absolute atomic E-state index is 0.347. The summed E-state index contributed by atoms with van der Waals surface area (Å²) >= 11 is 6.65. The van der Waals surface area contributed by atoms with Crippen molar-refractivity contribution in [3.05, 3.63) is 68.6 Å². The van der Waals surface area contributed by atoms with Crippen LogP contribution in [-0.2, 0) is 4.79 Å². The molecule has 0 aliphatic carbocycles. The third kappa shape index (κ3) is 5.86. The first-order valence-corrected chi connectivity index (χ1v) is 10.3. The smallest absolute Gasteiger partial charge is 0.341 e. The molecule has 4 nitrogen and oxygen atoms in total. The molecule has 2 aromatic carbocycles. The molecule has 1 heterocycles. The van der Waals surface area contributed by atoms with Gasteiger partial charge in [0.05, 0.1) is 0 Å². The fraction of sp³-hybridized carbons (Fsp3) is 0.100. The number of rotatable bonds is 5. The van der Waals surface area contributed by atoms with Crippen molar-refractivity contribution in [2.45, 2.75) is 16.7 Å². The summed E-state index contributed by atoms with van der Waals surface area (Å²) in [5.74, 6) is 5.79. The first-order valence-electron chi connectivity index (χ1n) is 7.85. The van der Waals surface area contributed by atoms with Crippen molar-refractivity contribution >= 4 is 45.0 Å². The number of carboxylic acid groups (broad SMARTS) is 1. The van der Waals surface area contributed by atoms with E-state index in [2.05, 4.69) is 32.8 Å². The quantitative estimate of drug-likeness (QED) is 0.529. The normalized spacial score (nSPS) is 10.1. The lowest BCUT2D eigenvalue weighted by atomic mass is 10.2. The van der Waals surface area contributed by atoms with Gasteiger partial charge in [0.1, 0.15) is 5.75 Å². The van der Waals surface area contributed by atoms with Crippen molar-refractivity contribution < 1.29 is 14.6 Å². The Morgan fingerprint density at radius 3 is 2.81 bits per heavy atom. The van der Waals surface area contributed by atoms with Gasteiger partial charge in [-0.2, -0.15) is 0 Å². The highest BCUT2D eigenvalue weighted by molar-refractivity contribution is 9.10. The highest BCUT2D eigenvalue weighted by atomic mass is 79.9. The predicted octanol–water partition coefficient (Wildman–Crippen LogP) is 5.23. The summed E-state index contributed by atoms with van der Waals surface area (Å²) in [7, 11) is 0. The van der Waals surface area contributed by atoms with Crippen LogP contribution in [0.1, 0.15) is 16.1 Å². The first-order chi connectivity index (χ1) is 13.0. The van der Waals surface area contributed by atoms with Gasteiger partial charge < -0.3 is 9.84 Å². The highest BCUT2D eigenvalue weighted by Crippen LogP contribution is 2.33.